The minimum absolute atomic E-state index is 0.736. The maximum Gasteiger partial charge on any atom is 0.141 e. The molecule has 17 heavy (non-hydrogen) atoms. The van der Waals surface area contributed by atoms with Crippen LogP contribution >= 0.6 is 11.6 Å². The normalized spacial score (nSPS) is 16.4. The average Bonchev–Trinajstić information content (AvgIpc) is 2.70. The van der Waals surface area contributed by atoms with Gasteiger partial charge in [-0.05, 0) is 26.2 Å². The van der Waals surface area contributed by atoms with E-state index in [-0.39, 0.29) is 0 Å². The number of nitrogens with zero attached hydrogens (tertiary/aromatic N) is 4. The second kappa shape index (κ2) is 6.36. The molecule has 0 radical (unpaired) electrons. The molecule has 0 atom stereocenters. The Kier molecular flexibility index (Phi) is 4.80. The molecule has 0 aromatic carbocycles. The molecule has 0 aliphatic heterocycles. The average molecular weight is 257 g/mol. The summed E-state index contributed by atoms with van der Waals surface area (Å²) in [4.78, 5) is 6.87. The van der Waals surface area contributed by atoms with E-state index in [1.165, 1.54) is 19.3 Å². The molecule has 96 valence electrons. The zero-order valence-electron chi connectivity index (χ0n) is 10.5. The van der Waals surface area contributed by atoms with E-state index in [0.29, 0.717) is 0 Å². The molecule has 1 aromatic heterocycles. The zero-order chi connectivity index (χ0) is 12.1. The number of aryl methyl sites for hydroxylation is 1. The number of aromatic nitrogens is 3. The van der Waals surface area contributed by atoms with Gasteiger partial charge in [0, 0.05) is 25.0 Å². The summed E-state index contributed by atoms with van der Waals surface area (Å²) in [6.45, 7) is 4.98. The summed E-state index contributed by atoms with van der Waals surface area (Å²) in [7, 11) is 0. The minimum Gasteiger partial charge on any atom is -0.293 e. The van der Waals surface area contributed by atoms with Crippen molar-refractivity contribution in [1.29, 1.82) is 0 Å². The SMILES string of the molecule is CCn1ncnc1CN(CCCCl)C1CCC1. The van der Waals surface area contributed by atoms with E-state index < -0.39 is 0 Å². The van der Waals surface area contributed by atoms with Crippen molar-refractivity contribution in [1.82, 2.24) is 19.7 Å². The summed E-state index contributed by atoms with van der Waals surface area (Å²) in [5.74, 6) is 1.82. The van der Waals surface area contributed by atoms with E-state index in [4.69, 9.17) is 11.6 Å². The second-order valence-corrected chi connectivity index (χ2v) is 4.97. The van der Waals surface area contributed by atoms with E-state index in [0.717, 1.165) is 43.8 Å². The van der Waals surface area contributed by atoms with Crippen LogP contribution in [0.5, 0.6) is 0 Å². The van der Waals surface area contributed by atoms with E-state index in [1.807, 2.05) is 4.68 Å². The summed E-state index contributed by atoms with van der Waals surface area (Å²) in [5, 5.41) is 4.22. The lowest BCUT2D eigenvalue weighted by Crippen LogP contribution is -2.41. The fourth-order valence-corrected chi connectivity index (χ4v) is 2.38. The number of alkyl halides is 1. The van der Waals surface area contributed by atoms with Gasteiger partial charge in [-0.3, -0.25) is 4.90 Å². The quantitative estimate of drug-likeness (QED) is 0.702. The highest BCUT2D eigenvalue weighted by Crippen LogP contribution is 2.26. The van der Waals surface area contributed by atoms with Gasteiger partial charge in [0.1, 0.15) is 12.2 Å². The van der Waals surface area contributed by atoms with Gasteiger partial charge < -0.3 is 0 Å². The van der Waals surface area contributed by atoms with E-state index >= 15 is 0 Å². The Morgan fingerprint density at radius 3 is 2.94 bits per heavy atom. The predicted octanol–water partition coefficient (Wildman–Crippen LogP) is 2.28. The van der Waals surface area contributed by atoms with Crippen LogP contribution in [0.25, 0.3) is 0 Å². The van der Waals surface area contributed by atoms with E-state index in [2.05, 4.69) is 21.9 Å². The first kappa shape index (κ1) is 12.8. The van der Waals surface area contributed by atoms with Gasteiger partial charge in [0.15, 0.2) is 0 Å². The molecular weight excluding hydrogens is 236 g/mol. The third-order valence-electron chi connectivity index (χ3n) is 3.51. The van der Waals surface area contributed by atoms with Crippen molar-refractivity contribution in [2.45, 2.75) is 51.7 Å². The monoisotopic (exact) mass is 256 g/mol. The molecule has 1 fully saturated rings. The molecule has 4 nitrogen and oxygen atoms in total. The smallest absolute Gasteiger partial charge is 0.141 e. The van der Waals surface area contributed by atoms with Crippen LogP contribution in [0.3, 0.4) is 0 Å². The second-order valence-electron chi connectivity index (χ2n) is 4.59. The lowest BCUT2D eigenvalue weighted by atomic mass is 9.91. The Hall–Kier alpha value is -0.610. The molecule has 0 saturated heterocycles. The van der Waals surface area contributed by atoms with Gasteiger partial charge in [-0.2, -0.15) is 5.10 Å². The van der Waals surface area contributed by atoms with Crippen molar-refractivity contribution in [3.63, 3.8) is 0 Å². The van der Waals surface area contributed by atoms with Gasteiger partial charge in [-0.15, -0.1) is 11.6 Å². The van der Waals surface area contributed by atoms with Crippen molar-refractivity contribution in [3.05, 3.63) is 12.2 Å². The van der Waals surface area contributed by atoms with Crippen LogP contribution in [-0.4, -0.2) is 38.1 Å². The molecule has 0 amide bonds. The standard InChI is InChI=1S/C12H21ClN4/c1-2-17-12(14-10-15-17)9-16(8-4-7-13)11-5-3-6-11/h10-11H,2-9H2,1H3. The predicted molar refractivity (Wildman–Crippen MR) is 69.1 cm³/mol. The first-order chi connectivity index (χ1) is 8.35. The van der Waals surface area contributed by atoms with Gasteiger partial charge in [0.25, 0.3) is 0 Å². The summed E-state index contributed by atoms with van der Waals surface area (Å²) in [6, 6.07) is 0.736. The van der Waals surface area contributed by atoms with Crippen molar-refractivity contribution in [3.8, 4) is 0 Å². The highest BCUT2D eigenvalue weighted by molar-refractivity contribution is 6.17. The number of halogens is 1. The molecule has 2 rings (SSSR count). The van der Waals surface area contributed by atoms with Gasteiger partial charge in [0.2, 0.25) is 0 Å². The molecule has 1 aliphatic rings. The molecule has 5 heteroatoms. The van der Waals surface area contributed by atoms with Crippen molar-refractivity contribution in [2.24, 2.45) is 0 Å². The Labute approximate surface area is 108 Å². The molecule has 1 heterocycles. The van der Waals surface area contributed by atoms with Crippen molar-refractivity contribution < 1.29 is 0 Å². The molecule has 1 saturated carbocycles. The van der Waals surface area contributed by atoms with E-state index in [1.54, 1.807) is 6.33 Å². The molecule has 0 unspecified atom stereocenters. The van der Waals surface area contributed by atoms with Crippen LogP contribution in [0.4, 0.5) is 0 Å². The number of hydrogen-bond donors (Lipinski definition) is 0. The van der Waals surface area contributed by atoms with E-state index in [9.17, 15) is 0 Å². The molecule has 1 aliphatic carbocycles. The summed E-state index contributed by atoms with van der Waals surface area (Å²) in [6.07, 6.45) is 6.71. The van der Waals surface area contributed by atoms with Crippen molar-refractivity contribution >= 4 is 11.6 Å². The van der Waals surface area contributed by atoms with Gasteiger partial charge in [-0.1, -0.05) is 6.42 Å². The molecule has 0 N–H and O–H groups in total. The van der Waals surface area contributed by atoms with Gasteiger partial charge in [0.05, 0.1) is 6.54 Å². The van der Waals surface area contributed by atoms with Crippen molar-refractivity contribution in [2.75, 3.05) is 12.4 Å². The van der Waals surface area contributed by atoms with Crippen LogP contribution < -0.4 is 0 Å². The Balaban J connectivity index is 1.95. The maximum absolute atomic E-state index is 5.79. The summed E-state index contributed by atoms with van der Waals surface area (Å²) < 4.78 is 1.98. The van der Waals surface area contributed by atoms with Crippen LogP contribution in [0.15, 0.2) is 6.33 Å². The third kappa shape index (κ3) is 3.19. The fraction of sp³-hybridized carbons (Fsp3) is 0.833. The highest BCUT2D eigenvalue weighted by atomic mass is 35.5. The Morgan fingerprint density at radius 1 is 1.53 bits per heavy atom. The van der Waals surface area contributed by atoms with Crippen LogP contribution in [-0.2, 0) is 13.1 Å². The largest absolute Gasteiger partial charge is 0.293 e. The van der Waals surface area contributed by atoms with Crippen LogP contribution in [0, 0.1) is 0 Å². The fourth-order valence-electron chi connectivity index (χ4n) is 2.26. The lowest BCUT2D eigenvalue weighted by molar-refractivity contribution is 0.115. The number of rotatable bonds is 7. The lowest BCUT2D eigenvalue weighted by Gasteiger charge is -2.37. The molecule has 1 aromatic rings. The first-order valence-electron chi connectivity index (χ1n) is 6.51. The molecular formula is C12H21ClN4. The van der Waals surface area contributed by atoms with Crippen LogP contribution in [0.2, 0.25) is 0 Å². The first-order valence-corrected chi connectivity index (χ1v) is 7.05. The topological polar surface area (TPSA) is 34.0 Å². The Morgan fingerprint density at radius 2 is 2.35 bits per heavy atom. The third-order valence-corrected chi connectivity index (χ3v) is 3.78. The summed E-state index contributed by atoms with van der Waals surface area (Å²) >= 11 is 5.79. The molecule has 0 bridgehead atoms. The number of hydrogen-bond acceptors (Lipinski definition) is 3. The highest BCUT2D eigenvalue weighted by Gasteiger charge is 2.25. The summed E-state index contributed by atoms with van der Waals surface area (Å²) in [5.41, 5.74) is 0. The maximum atomic E-state index is 5.79. The van der Waals surface area contributed by atoms with Gasteiger partial charge in [-0.25, -0.2) is 9.67 Å². The Bertz CT molecular complexity index is 335. The van der Waals surface area contributed by atoms with Crippen LogP contribution in [0.1, 0.15) is 38.4 Å². The molecule has 0 spiro atoms. The van der Waals surface area contributed by atoms with Gasteiger partial charge >= 0.3 is 0 Å². The zero-order valence-corrected chi connectivity index (χ0v) is 11.2. The minimum atomic E-state index is 0.736.